The fourth-order valence-electron chi connectivity index (χ4n) is 2.88. The van der Waals surface area contributed by atoms with E-state index < -0.39 is 0 Å². The van der Waals surface area contributed by atoms with Crippen molar-refractivity contribution in [1.29, 1.82) is 0 Å². The summed E-state index contributed by atoms with van der Waals surface area (Å²) < 4.78 is 1.71. The maximum absolute atomic E-state index is 12.2. The average Bonchev–Trinajstić information content (AvgIpc) is 3.06. The SMILES string of the molecule is COn1cc(/C=C2\C(=O)Nc3ccccc32)c2ccccc21. The molecule has 0 bridgehead atoms. The second-order valence-electron chi connectivity index (χ2n) is 5.17. The van der Waals surface area contributed by atoms with Crippen LogP contribution in [0.3, 0.4) is 0 Å². The number of para-hydroxylation sites is 2. The normalized spacial score (nSPS) is 15.1. The molecule has 1 N–H and O–H groups in total. The van der Waals surface area contributed by atoms with Crippen molar-refractivity contribution >= 4 is 34.1 Å². The number of rotatable bonds is 2. The van der Waals surface area contributed by atoms with Gasteiger partial charge in [0, 0.05) is 27.8 Å². The smallest absolute Gasteiger partial charge is 0.256 e. The molecule has 3 aromatic rings. The van der Waals surface area contributed by atoms with Crippen molar-refractivity contribution in [3.8, 4) is 0 Å². The average molecular weight is 290 g/mol. The van der Waals surface area contributed by atoms with Gasteiger partial charge >= 0.3 is 0 Å². The Morgan fingerprint density at radius 3 is 2.73 bits per heavy atom. The van der Waals surface area contributed by atoms with Gasteiger partial charge in [-0.2, -0.15) is 4.73 Å². The minimum absolute atomic E-state index is 0.0737. The number of hydrogen-bond donors (Lipinski definition) is 1. The molecule has 0 saturated carbocycles. The number of nitrogens with one attached hydrogen (secondary N) is 1. The summed E-state index contributed by atoms with van der Waals surface area (Å²) in [7, 11) is 1.63. The fraction of sp³-hybridized carbons (Fsp3) is 0.0556. The molecule has 22 heavy (non-hydrogen) atoms. The molecule has 1 aliphatic rings. The van der Waals surface area contributed by atoms with Gasteiger partial charge < -0.3 is 10.2 Å². The number of hydrogen-bond acceptors (Lipinski definition) is 2. The summed E-state index contributed by atoms with van der Waals surface area (Å²) in [5, 5.41) is 3.94. The van der Waals surface area contributed by atoms with Crippen molar-refractivity contribution < 1.29 is 9.63 Å². The van der Waals surface area contributed by atoms with Gasteiger partial charge in [-0.05, 0) is 18.2 Å². The van der Waals surface area contributed by atoms with Crippen LogP contribution in [0.25, 0.3) is 22.6 Å². The first kappa shape index (κ1) is 12.7. The van der Waals surface area contributed by atoms with E-state index in [1.165, 1.54) is 0 Å². The van der Waals surface area contributed by atoms with Crippen molar-refractivity contribution in [2.75, 3.05) is 12.4 Å². The maximum atomic E-state index is 12.2. The van der Waals surface area contributed by atoms with E-state index in [0.717, 1.165) is 27.7 Å². The van der Waals surface area contributed by atoms with Crippen LogP contribution >= 0.6 is 0 Å². The molecular formula is C18H14N2O2. The minimum atomic E-state index is -0.0737. The van der Waals surface area contributed by atoms with Crippen molar-refractivity contribution in [2.45, 2.75) is 0 Å². The minimum Gasteiger partial charge on any atom is -0.417 e. The van der Waals surface area contributed by atoms with Crippen LogP contribution in [0.4, 0.5) is 5.69 Å². The summed E-state index contributed by atoms with van der Waals surface area (Å²) >= 11 is 0. The molecule has 4 rings (SSSR count). The number of amides is 1. The highest BCUT2D eigenvalue weighted by atomic mass is 16.6. The number of benzene rings is 2. The molecule has 0 saturated heterocycles. The number of aromatic nitrogens is 1. The zero-order valence-electron chi connectivity index (χ0n) is 12.0. The quantitative estimate of drug-likeness (QED) is 0.737. The van der Waals surface area contributed by atoms with Crippen LogP contribution in [0.2, 0.25) is 0 Å². The Kier molecular flexibility index (Phi) is 2.76. The number of carbonyl (C=O) groups excluding carboxylic acids is 1. The van der Waals surface area contributed by atoms with Crippen LogP contribution in [0.5, 0.6) is 0 Å². The lowest BCUT2D eigenvalue weighted by Crippen LogP contribution is -2.03. The zero-order chi connectivity index (χ0) is 15.1. The summed E-state index contributed by atoms with van der Waals surface area (Å²) in [4.78, 5) is 17.6. The molecule has 0 atom stereocenters. The predicted molar refractivity (Wildman–Crippen MR) is 87.4 cm³/mol. The molecule has 0 radical (unpaired) electrons. The highest BCUT2D eigenvalue weighted by molar-refractivity contribution is 6.35. The number of carbonyl (C=O) groups is 1. The second kappa shape index (κ2) is 4.77. The topological polar surface area (TPSA) is 43.3 Å². The van der Waals surface area contributed by atoms with Crippen LogP contribution in [0.15, 0.2) is 54.7 Å². The molecule has 4 nitrogen and oxygen atoms in total. The van der Waals surface area contributed by atoms with Gasteiger partial charge in [0.2, 0.25) is 0 Å². The number of nitrogens with zero attached hydrogens (tertiary/aromatic N) is 1. The third-order valence-corrected chi connectivity index (χ3v) is 3.92. The van der Waals surface area contributed by atoms with Crippen LogP contribution in [0, 0.1) is 0 Å². The van der Waals surface area contributed by atoms with Gasteiger partial charge in [0.1, 0.15) is 7.11 Å². The fourth-order valence-corrected chi connectivity index (χ4v) is 2.88. The Morgan fingerprint density at radius 1 is 1.09 bits per heavy atom. The van der Waals surface area contributed by atoms with Gasteiger partial charge in [-0.1, -0.05) is 36.4 Å². The van der Waals surface area contributed by atoms with Crippen LogP contribution in [-0.4, -0.2) is 17.7 Å². The summed E-state index contributed by atoms with van der Waals surface area (Å²) in [6.45, 7) is 0. The Labute approximate surface area is 127 Å². The summed E-state index contributed by atoms with van der Waals surface area (Å²) in [6.07, 6.45) is 3.81. The van der Waals surface area contributed by atoms with Crippen LogP contribution < -0.4 is 10.2 Å². The van der Waals surface area contributed by atoms with E-state index in [1.807, 2.05) is 60.8 Å². The maximum Gasteiger partial charge on any atom is 0.256 e. The predicted octanol–water partition coefficient (Wildman–Crippen LogP) is 3.19. The van der Waals surface area contributed by atoms with E-state index in [4.69, 9.17) is 4.84 Å². The van der Waals surface area contributed by atoms with E-state index in [0.29, 0.717) is 5.57 Å². The first-order valence-corrected chi connectivity index (χ1v) is 7.05. The largest absolute Gasteiger partial charge is 0.417 e. The first-order valence-electron chi connectivity index (χ1n) is 7.05. The Bertz CT molecular complexity index is 922. The number of anilines is 1. The molecule has 0 fully saturated rings. The zero-order valence-corrected chi connectivity index (χ0v) is 12.0. The molecule has 1 aromatic heterocycles. The molecule has 2 aromatic carbocycles. The molecule has 0 spiro atoms. The lowest BCUT2D eigenvalue weighted by molar-refractivity contribution is -0.110. The molecule has 0 unspecified atom stereocenters. The van der Waals surface area contributed by atoms with E-state index >= 15 is 0 Å². The van der Waals surface area contributed by atoms with Crippen LogP contribution in [-0.2, 0) is 4.79 Å². The van der Waals surface area contributed by atoms with Gasteiger partial charge in [0.25, 0.3) is 5.91 Å². The number of fused-ring (bicyclic) bond motifs is 2. The van der Waals surface area contributed by atoms with Gasteiger partial charge in [-0.3, -0.25) is 4.79 Å². The molecule has 0 aliphatic carbocycles. The van der Waals surface area contributed by atoms with Crippen molar-refractivity contribution in [2.24, 2.45) is 0 Å². The van der Waals surface area contributed by atoms with Crippen molar-refractivity contribution in [3.05, 3.63) is 65.9 Å². The highest BCUT2D eigenvalue weighted by Gasteiger charge is 2.23. The highest BCUT2D eigenvalue weighted by Crippen LogP contribution is 2.34. The third kappa shape index (κ3) is 1.81. The summed E-state index contributed by atoms with van der Waals surface area (Å²) in [6, 6.07) is 15.7. The lowest BCUT2D eigenvalue weighted by atomic mass is 10.0. The van der Waals surface area contributed by atoms with E-state index in [9.17, 15) is 4.79 Å². The standard InChI is InChI=1S/C18H14N2O2/c1-22-20-11-12(13-6-3-5-9-17(13)20)10-15-14-7-2-4-8-16(14)19-18(15)21/h2-11H,1H3,(H,19,21)/b15-10-. The molecular weight excluding hydrogens is 276 g/mol. The van der Waals surface area contributed by atoms with Gasteiger partial charge in [-0.25, -0.2) is 0 Å². The molecule has 1 amide bonds. The summed E-state index contributed by atoms with van der Waals surface area (Å²) in [5.74, 6) is -0.0737. The Morgan fingerprint density at radius 2 is 1.86 bits per heavy atom. The summed E-state index contributed by atoms with van der Waals surface area (Å²) in [5.41, 5.74) is 4.40. The van der Waals surface area contributed by atoms with E-state index in [2.05, 4.69) is 5.32 Å². The molecule has 4 heteroatoms. The van der Waals surface area contributed by atoms with Crippen molar-refractivity contribution in [3.63, 3.8) is 0 Å². The lowest BCUT2D eigenvalue weighted by Gasteiger charge is -1.99. The Balaban J connectivity index is 1.92. The molecule has 2 heterocycles. The van der Waals surface area contributed by atoms with Gasteiger partial charge in [-0.15, -0.1) is 0 Å². The Hall–Kier alpha value is -3.01. The van der Waals surface area contributed by atoms with E-state index in [-0.39, 0.29) is 5.91 Å². The van der Waals surface area contributed by atoms with Gasteiger partial charge in [0.05, 0.1) is 11.7 Å². The van der Waals surface area contributed by atoms with Crippen LogP contribution in [0.1, 0.15) is 11.1 Å². The van der Waals surface area contributed by atoms with E-state index in [1.54, 1.807) is 11.8 Å². The first-order chi connectivity index (χ1) is 10.8. The monoisotopic (exact) mass is 290 g/mol. The third-order valence-electron chi connectivity index (χ3n) is 3.92. The second-order valence-corrected chi connectivity index (χ2v) is 5.17. The molecule has 108 valence electrons. The van der Waals surface area contributed by atoms with Gasteiger partial charge in [0.15, 0.2) is 0 Å². The van der Waals surface area contributed by atoms with Crippen molar-refractivity contribution in [1.82, 2.24) is 4.73 Å². The molecule has 1 aliphatic heterocycles.